The van der Waals surface area contributed by atoms with Crippen LogP contribution in [0.1, 0.15) is 95.7 Å². The van der Waals surface area contributed by atoms with Crippen LogP contribution in [0.4, 0.5) is 0 Å². The summed E-state index contributed by atoms with van der Waals surface area (Å²) in [5.74, 6) is 0.314. The van der Waals surface area contributed by atoms with Crippen LogP contribution >= 0.6 is 0 Å². The number of phenolic OH excluding ortho intramolecular Hbond substituents is 2. The Morgan fingerprint density at radius 3 is 1.65 bits per heavy atom. The topological polar surface area (TPSA) is 79.4 Å². The number of rotatable bonds is 5. The van der Waals surface area contributed by atoms with Crippen LogP contribution in [-0.4, -0.2) is 20.2 Å². The fraction of sp³-hybridized carbons (Fsp3) is 0.273. The van der Waals surface area contributed by atoms with Crippen molar-refractivity contribution in [3.63, 3.8) is 0 Å². The molecule has 0 saturated heterocycles. The number of hydrogen-bond acceptors (Lipinski definition) is 5. The molecule has 2 N–H and O–H groups in total. The van der Waals surface area contributed by atoms with Crippen LogP contribution in [0.5, 0.6) is 11.5 Å². The molecule has 8 aromatic rings. The van der Waals surface area contributed by atoms with E-state index in [1.54, 1.807) is 6.07 Å². The molecular formula is C55H56N2O3. The number of aromatic hydroxyl groups is 2. The zero-order valence-corrected chi connectivity index (χ0v) is 37.1. The maximum absolute atomic E-state index is 11.7. The minimum Gasteiger partial charge on any atom is -0.507 e. The predicted octanol–water partition coefficient (Wildman–Crippen LogP) is 14.9. The number of pyridine rings is 2. The van der Waals surface area contributed by atoms with Crippen molar-refractivity contribution in [3.05, 3.63) is 143 Å². The molecule has 0 spiro atoms. The second-order valence-electron chi connectivity index (χ2n) is 19.7. The lowest BCUT2D eigenvalue weighted by Crippen LogP contribution is -2.16. The monoisotopic (exact) mass is 792 g/mol. The van der Waals surface area contributed by atoms with Crippen LogP contribution in [0.2, 0.25) is 0 Å². The lowest BCUT2D eigenvalue weighted by atomic mass is 9.79. The van der Waals surface area contributed by atoms with Crippen molar-refractivity contribution in [2.45, 2.75) is 99.3 Å². The molecule has 3 heterocycles. The summed E-state index contributed by atoms with van der Waals surface area (Å²) in [4.78, 5) is 10.4. The Morgan fingerprint density at radius 1 is 0.433 bits per heavy atom. The number of nitrogens with zero attached hydrogens (tertiary/aromatic N) is 2. The summed E-state index contributed by atoms with van der Waals surface area (Å²) in [6.45, 7) is 26.5. The number of benzene rings is 5. The van der Waals surface area contributed by atoms with E-state index in [2.05, 4.69) is 131 Å². The van der Waals surface area contributed by atoms with E-state index in [1.807, 2.05) is 55.5 Å². The van der Waals surface area contributed by atoms with Gasteiger partial charge < -0.3 is 14.6 Å². The molecule has 0 fully saturated rings. The Balaban J connectivity index is 1.33. The van der Waals surface area contributed by atoms with Crippen LogP contribution in [0, 0.1) is 20.8 Å². The van der Waals surface area contributed by atoms with Crippen LogP contribution in [0.25, 0.3) is 78.1 Å². The molecule has 0 aliphatic heterocycles. The van der Waals surface area contributed by atoms with Gasteiger partial charge in [-0.3, -0.25) is 0 Å². The molecule has 304 valence electrons. The molecule has 0 amide bonds. The summed E-state index contributed by atoms with van der Waals surface area (Å²) < 4.78 is 6.29. The SMILES string of the molecule is Cc1cc(-c2c(C)cc(C(C)(C)C)cc2C)cc(-c2cccc(-c3cc(-c4cc(C(C)(C)C)cc(C(C)(C)C)c4)cc(-c4cc5oc6ccccc6c5cc4O)n3)n2)c1O. The number of aryl methyl sites for hydroxylation is 3. The van der Waals surface area contributed by atoms with E-state index < -0.39 is 0 Å². The van der Waals surface area contributed by atoms with E-state index in [4.69, 9.17) is 14.4 Å². The smallest absolute Gasteiger partial charge is 0.136 e. The summed E-state index contributed by atoms with van der Waals surface area (Å²) in [7, 11) is 0. The molecule has 8 rings (SSSR count). The Kier molecular flexibility index (Phi) is 9.81. The molecule has 60 heavy (non-hydrogen) atoms. The zero-order chi connectivity index (χ0) is 43.1. The molecule has 5 heteroatoms. The highest BCUT2D eigenvalue weighted by Crippen LogP contribution is 2.43. The second-order valence-corrected chi connectivity index (χ2v) is 19.7. The largest absolute Gasteiger partial charge is 0.507 e. The van der Waals surface area contributed by atoms with E-state index in [0.717, 1.165) is 44.2 Å². The first-order valence-corrected chi connectivity index (χ1v) is 20.9. The average Bonchev–Trinajstić information content (AvgIpc) is 3.54. The number of aromatic nitrogens is 2. The Morgan fingerprint density at radius 2 is 1.00 bits per heavy atom. The summed E-state index contributed by atoms with van der Waals surface area (Å²) in [6.07, 6.45) is 0. The number of furan rings is 1. The highest BCUT2D eigenvalue weighted by Gasteiger charge is 2.24. The van der Waals surface area contributed by atoms with Gasteiger partial charge in [-0.2, -0.15) is 0 Å². The minimum atomic E-state index is -0.0877. The highest BCUT2D eigenvalue weighted by molar-refractivity contribution is 6.07. The van der Waals surface area contributed by atoms with Gasteiger partial charge in [-0.1, -0.05) is 117 Å². The first-order chi connectivity index (χ1) is 28.2. The molecule has 5 nitrogen and oxygen atoms in total. The number of phenols is 2. The molecule has 0 saturated carbocycles. The van der Waals surface area contributed by atoms with Gasteiger partial charge in [-0.25, -0.2) is 9.97 Å². The van der Waals surface area contributed by atoms with E-state index in [-0.39, 0.29) is 27.7 Å². The Labute approximate surface area is 354 Å². The standard InChI is InChI=1S/C55H56N2O3/c1-31-21-37(53(4,5)6)22-32(2)51(31)36-20-33(3)52(59)43(25-36)44-17-15-18-45(56-44)47-27-35(34-23-38(54(7,8)9)28-39(24-34)55(10,11)12)26-46(57-47)42-30-50-41(29-48(42)58)40-16-13-14-19-49(40)60-50/h13-30,58-59H,1-12H3. The van der Waals surface area contributed by atoms with Crippen LogP contribution in [0.3, 0.4) is 0 Å². The van der Waals surface area contributed by atoms with Gasteiger partial charge in [0.2, 0.25) is 0 Å². The zero-order valence-electron chi connectivity index (χ0n) is 37.1. The quantitative estimate of drug-likeness (QED) is 0.181. The van der Waals surface area contributed by atoms with E-state index in [0.29, 0.717) is 39.5 Å². The predicted molar refractivity (Wildman–Crippen MR) is 250 cm³/mol. The number of hydrogen-bond donors (Lipinski definition) is 2. The van der Waals surface area contributed by atoms with Crippen molar-refractivity contribution < 1.29 is 14.6 Å². The van der Waals surface area contributed by atoms with Crippen molar-refractivity contribution in [1.29, 1.82) is 0 Å². The maximum Gasteiger partial charge on any atom is 0.136 e. The summed E-state index contributed by atoms with van der Waals surface area (Å²) in [5.41, 5.74) is 16.2. The van der Waals surface area contributed by atoms with Gasteiger partial charge in [0.15, 0.2) is 0 Å². The van der Waals surface area contributed by atoms with Crippen molar-refractivity contribution in [2.24, 2.45) is 0 Å². The molecule has 0 bridgehead atoms. The van der Waals surface area contributed by atoms with Gasteiger partial charge in [0.25, 0.3) is 0 Å². The number of para-hydroxylation sites is 1. The van der Waals surface area contributed by atoms with Gasteiger partial charge in [0.05, 0.1) is 22.8 Å². The van der Waals surface area contributed by atoms with Crippen molar-refractivity contribution in [2.75, 3.05) is 0 Å². The van der Waals surface area contributed by atoms with Gasteiger partial charge in [-0.15, -0.1) is 0 Å². The second kappa shape index (κ2) is 14.5. The lowest BCUT2D eigenvalue weighted by molar-refractivity contribution is 0.473. The summed E-state index contributed by atoms with van der Waals surface area (Å²) >= 11 is 0. The molecule has 0 atom stereocenters. The molecule has 0 aliphatic rings. The fourth-order valence-corrected chi connectivity index (χ4v) is 8.29. The van der Waals surface area contributed by atoms with Gasteiger partial charge in [-0.05, 0) is 147 Å². The van der Waals surface area contributed by atoms with E-state index >= 15 is 0 Å². The van der Waals surface area contributed by atoms with Crippen LogP contribution < -0.4 is 0 Å². The summed E-state index contributed by atoms with van der Waals surface area (Å²) in [6, 6.07) is 37.1. The van der Waals surface area contributed by atoms with Crippen LogP contribution in [-0.2, 0) is 16.2 Å². The first-order valence-electron chi connectivity index (χ1n) is 20.9. The molecule has 3 aromatic heterocycles. The van der Waals surface area contributed by atoms with Crippen molar-refractivity contribution in [3.8, 4) is 67.7 Å². The first kappa shape index (κ1) is 40.6. The van der Waals surface area contributed by atoms with Crippen molar-refractivity contribution in [1.82, 2.24) is 9.97 Å². The van der Waals surface area contributed by atoms with Crippen LogP contribution in [0.15, 0.2) is 114 Å². The third-order valence-corrected chi connectivity index (χ3v) is 11.9. The molecule has 0 radical (unpaired) electrons. The van der Waals surface area contributed by atoms with E-state index in [1.165, 1.54) is 27.8 Å². The van der Waals surface area contributed by atoms with Gasteiger partial charge in [0.1, 0.15) is 22.7 Å². The Hall–Kier alpha value is -6.20. The minimum absolute atomic E-state index is 0.0306. The fourth-order valence-electron chi connectivity index (χ4n) is 8.29. The van der Waals surface area contributed by atoms with Crippen molar-refractivity contribution >= 4 is 21.9 Å². The van der Waals surface area contributed by atoms with E-state index in [9.17, 15) is 10.2 Å². The van der Waals surface area contributed by atoms with Gasteiger partial charge in [0, 0.05) is 21.9 Å². The number of fused-ring (bicyclic) bond motifs is 3. The molecule has 5 aromatic carbocycles. The average molecular weight is 793 g/mol. The maximum atomic E-state index is 11.7. The molecule has 0 unspecified atom stereocenters. The third-order valence-electron chi connectivity index (χ3n) is 11.9. The highest BCUT2D eigenvalue weighted by atomic mass is 16.3. The lowest BCUT2D eigenvalue weighted by Gasteiger charge is -2.26. The molecule has 0 aliphatic carbocycles. The summed E-state index contributed by atoms with van der Waals surface area (Å²) in [5, 5.41) is 25.1. The normalized spacial score (nSPS) is 12.5. The third kappa shape index (κ3) is 7.58. The Bertz CT molecular complexity index is 2930. The van der Waals surface area contributed by atoms with Gasteiger partial charge >= 0.3 is 0 Å². The molecular weight excluding hydrogens is 737 g/mol.